The highest BCUT2D eigenvalue weighted by atomic mass is 32.2. The van der Waals surface area contributed by atoms with E-state index >= 15 is 0 Å². The minimum atomic E-state index is -1.17. The highest BCUT2D eigenvalue weighted by Gasteiger charge is 2.51. The van der Waals surface area contributed by atoms with Crippen LogP contribution in [0.1, 0.15) is 70.8 Å². The molecule has 2 aliphatic rings. The fourth-order valence-electron chi connectivity index (χ4n) is 5.37. The predicted octanol–water partition coefficient (Wildman–Crippen LogP) is 3.03. The maximum absolute atomic E-state index is 12.4. The van der Waals surface area contributed by atoms with E-state index in [2.05, 4.69) is 15.5 Å². The number of hydrogen-bond donors (Lipinski definition) is 1. The van der Waals surface area contributed by atoms with E-state index in [1.54, 1.807) is 0 Å². The highest BCUT2D eigenvalue weighted by molar-refractivity contribution is 7.99. The zero-order valence-corrected chi connectivity index (χ0v) is 25.8. The first-order valence-corrected chi connectivity index (χ1v) is 15.1. The number of nitrogens with one attached hydrogen (secondary N) is 1. The molecule has 2 fully saturated rings. The van der Waals surface area contributed by atoms with E-state index in [0.29, 0.717) is 11.0 Å². The zero-order valence-electron chi connectivity index (χ0n) is 24.9. The van der Waals surface area contributed by atoms with Gasteiger partial charge in [0.25, 0.3) is 0 Å². The van der Waals surface area contributed by atoms with Crippen LogP contribution in [0.15, 0.2) is 29.4 Å². The van der Waals surface area contributed by atoms with E-state index in [9.17, 15) is 19.2 Å². The summed E-state index contributed by atoms with van der Waals surface area (Å²) in [4.78, 5) is 48.3. The fourth-order valence-corrected chi connectivity index (χ4v) is 6.60. The second kappa shape index (κ2) is 14.7. The number of hydrogen-bond acceptors (Lipinski definition) is 12. The lowest BCUT2D eigenvalue weighted by Crippen LogP contribution is -2.65. The van der Waals surface area contributed by atoms with Gasteiger partial charge in [0, 0.05) is 33.7 Å². The van der Waals surface area contributed by atoms with Gasteiger partial charge in [-0.1, -0.05) is 42.8 Å². The van der Waals surface area contributed by atoms with Crippen molar-refractivity contribution in [2.75, 3.05) is 6.61 Å². The number of ether oxygens (including phenoxy) is 5. The summed E-state index contributed by atoms with van der Waals surface area (Å²) in [6.07, 6.45) is 0.660. The Hall–Kier alpha value is -3.65. The minimum Gasteiger partial charge on any atom is -0.485 e. The number of nitrogens with zero attached hydrogens (tertiary/aromatic N) is 3. The van der Waals surface area contributed by atoms with Crippen molar-refractivity contribution >= 4 is 35.6 Å². The van der Waals surface area contributed by atoms with Gasteiger partial charge in [-0.25, -0.2) is 0 Å². The highest BCUT2D eigenvalue weighted by Crippen LogP contribution is 2.39. The monoisotopic (exact) mass is 618 g/mol. The molecule has 1 saturated carbocycles. The summed E-state index contributed by atoms with van der Waals surface area (Å²) >= 11 is 1.19. The van der Waals surface area contributed by atoms with Gasteiger partial charge in [-0.3, -0.25) is 23.7 Å². The number of carbonyl (C=O) groups is 4. The van der Waals surface area contributed by atoms with Crippen LogP contribution in [-0.2, 0) is 44.7 Å². The summed E-state index contributed by atoms with van der Waals surface area (Å²) in [5.74, 6) is -0.921. The third kappa shape index (κ3) is 8.47. The van der Waals surface area contributed by atoms with Gasteiger partial charge in [0.2, 0.25) is 5.91 Å². The van der Waals surface area contributed by atoms with Crippen LogP contribution in [0.25, 0.3) is 0 Å². The smallest absolute Gasteiger partial charge is 0.303 e. The fraction of sp³-hybridized carbons (Fsp3) is 0.586. The van der Waals surface area contributed by atoms with Gasteiger partial charge in [-0.15, -0.1) is 10.2 Å². The second-order valence-electron chi connectivity index (χ2n) is 10.6. The molecular formula is C29H38N4O9S. The zero-order chi connectivity index (χ0) is 31.1. The average molecular weight is 619 g/mol. The Labute approximate surface area is 254 Å². The summed E-state index contributed by atoms with van der Waals surface area (Å²) in [5.41, 5.74) is 0.102. The Kier molecular flexibility index (Phi) is 11.0. The van der Waals surface area contributed by atoms with Gasteiger partial charge < -0.3 is 29.0 Å². The lowest BCUT2D eigenvalue weighted by molar-refractivity contribution is -0.211. The van der Waals surface area contributed by atoms with Crippen LogP contribution < -0.4 is 10.1 Å². The maximum Gasteiger partial charge on any atom is 0.303 e. The third-order valence-electron chi connectivity index (χ3n) is 7.17. The number of aryl methyl sites for hydroxylation is 1. The van der Waals surface area contributed by atoms with Crippen molar-refractivity contribution in [2.24, 2.45) is 0 Å². The molecule has 2 heterocycles. The molecule has 1 saturated heterocycles. The quantitative estimate of drug-likeness (QED) is 0.290. The molecule has 0 spiro atoms. The first-order valence-electron chi connectivity index (χ1n) is 14.2. The maximum atomic E-state index is 12.4. The lowest BCUT2D eigenvalue weighted by atomic mass is 9.97. The molecule has 1 aromatic carbocycles. The Morgan fingerprint density at radius 1 is 0.977 bits per heavy atom. The van der Waals surface area contributed by atoms with E-state index in [-0.39, 0.29) is 19.3 Å². The van der Waals surface area contributed by atoms with E-state index in [4.69, 9.17) is 23.7 Å². The topological polar surface area (TPSA) is 157 Å². The van der Waals surface area contributed by atoms with Crippen molar-refractivity contribution < 1.29 is 42.9 Å². The summed E-state index contributed by atoms with van der Waals surface area (Å²) in [5, 5.41) is 12.3. The van der Waals surface area contributed by atoms with Gasteiger partial charge in [0.05, 0.1) is 0 Å². The molecular weight excluding hydrogens is 580 g/mol. The number of thioether (sulfide) groups is 1. The Balaban J connectivity index is 1.69. The lowest BCUT2D eigenvalue weighted by Gasteiger charge is -2.44. The van der Waals surface area contributed by atoms with Crippen molar-refractivity contribution in [3.63, 3.8) is 0 Å². The van der Waals surface area contributed by atoms with Crippen molar-refractivity contribution in [2.45, 2.75) is 108 Å². The number of aromatic nitrogens is 3. The van der Waals surface area contributed by atoms with Crippen molar-refractivity contribution in [1.29, 1.82) is 0 Å². The van der Waals surface area contributed by atoms with Crippen molar-refractivity contribution in [1.82, 2.24) is 20.1 Å². The van der Waals surface area contributed by atoms with Gasteiger partial charge in [0.15, 0.2) is 23.2 Å². The molecule has 13 nitrogen and oxygen atoms in total. The largest absolute Gasteiger partial charge is 0.485 e. The molecule has 234 valence electrons. The van der Waals surface area contributed by atoms with Crippen LogP contribution in [0.5, 0.6) is 5.75 Å². The van der Waals surface area contributed by atoms with Gasteiger partial charge >= 0.3 is 17.9 Å². The molecule has 1 aliphatic heterocycles. The van der Waals surface area contributed by atoms with E-state index in [0.717, 1.165) is 37.0 Å². The van der Waals surface area contributed by atoms with Crippen LogP contribution >= 0.6 is 11.8 Å². The van der Waals surface area contributed by atoms with Gasteiger partial charge in [-0.2, -0.15) is 0 Å². The Morgan fingerprint density at radius 2 is 1.65 bits per heavy atom. The van der Waals surface area contributed by atoms with Gasteiger partial charge in [0.1, 0.15) is 36.5 Å². The first-order chi connectivity index (χ1) is 20.5. The first kappa shape index (κ1) is 32.3. The standard InChI is InChI=1S/C29H38N4O9S/c1-16-10-6-9-13-22(16)39-15-24-31-32-29(33(24)21-11-7-8-12-21)43-28-25(30-17(2)34)27(41-20(5)37)26(40-19(4)36)23(42-28)14-38-18(3)35/h6,9-10,13,21,23,25-28H,7-8,11-12,14-15H2,1-5H3,(H,30,34)/t23-,25+,26+,27-,28+/m0/s1. The normalized spacial score (nSPS) is 23.8. The molecule has 1 aromatic heterocycles. The van der Waals surface area contributed by atoms with Crippen molar-refractivity contribution in [3.8, 4) is 5.75 Å². The SMILES string of the molecule is CC(=O)N[C@@H]1[C@H](OC(C)=O)[C@H](OC(C)=O)[C@H](COC(C)=O)O[C@@H]1Sc1nnc(COc2ccccc2C)n1C1CCCC1. The molecule has 1 aliphatic carbocycles. The predicted molar refractivity (Wildman–Crippen MR) is 153 cm³/mol. The van der Waals surface area contributed by atoms with Crippen LogP contribution in [0.4, 0.5) is 0 Å². The Bertz CT molecular complexity index is 1310. The number of benzene rings is 1. The Morgan fingerprint density at radius 3 is 2.28 bits per heavy atom. The van der Waals surface area contributed by atoms with Crippen LogP contribution in [0.3, 0.4) is 0 Å². The molecule has 0 unspecified atom stereocenters. The number of rotatable bonds is 11. The summed E-state index contributed by atoms with van der Waals surface area (Å²) in [6.45, 7) is 6.85. The van der Waals surface area contributed by atoms with Crippen molar-refractivity contribution in [3.05, 3.63) is 35.7 Å². The van der Waals surface area contributed by atoms with Crippen LogP contribution in [0.2, 0.25) is 0 Å². The molecule has 0 radical (unpaired) electrons. The number of esters is 3. The minimum absolute atomic E-state index is 0.130. The molecule has 5 atom stereocenters. The average Bonchev–Trinajstić information content (AvgIpc) is 3.59. The van der Waals surface area contributed by atoms with Crippen LogP contribution in [0, 0.1) is 6.92 Å². The molecule has 4 rings (SSSR count). The molecule has 14 heteroatoms. The third-order valence-corrected chi connectivity index (χ3v) is 8.29. The van der Waals surface area contributed by atoms with E-state index in [1.165, 1.54) is 39.5 Å². The van der Waals surface area contributed by atoms with Gasteiger partial charge in [-0.05, 0) is 31.4 Å². The molecule has 43 heavy (non-hydrogen) atoms. The molecule has 0 bridgehead atoms. The molecule has 1 amide bonds. The molecule has 1 N–H and O–H groups in total. The van der Waals surface area contributed by atoms with Crippen LogP contribution in [-0.4, -0.2) is 75.0 Å². The summed E-state index contributed by atoms with van der Waals surface area (Å²) < 4.78 is 30.8. The summed E-state index contributed by atoms with van der Waals surface area (Å²) in [7, 11) is 0. The number of carbonyl (C=O) groups excluding carboxylic acids is 4. The number of amides is 1. The number of para-hydroxylation sites is 1. The van der Waals surface area contributed by atoms with E-state index < -0.39 is 53.6 Å². The summed E-state index contributed by atoms with van der Waals surface area (Å²) in [6, 6.07) is 6.89. The molecule has 2 aromatic rings. The van der Waals surface area contributed by atoms with E-state index in [1.807, 2.05) is 35.8 Å². The second-order valence-corrected chi connectivity index (χ2v) is 11.7.